The van der Waals surface area contributed by atoms with E-state index in [2.05, 4.69) is 10.2 Å². The molecule has 0 amide bonds. The Morgan fingerprint density at radius 1 is 1.46 bits per heavy atom. The minimum absolute atomic E-state index is 0.201. The van der Waals surface area contributed by atoms with Crippen LogP contribution in [0.4, 0.5) is 4.39 Å². The van der Waals surface area contributed by atoms with Crippen molar-refractivity contribution < 1.29 is 9.13 Å². The van der Waals surface area contributed by atoms with E-state index in [1.165, 1.54) is 6.07 Å². The summed E-state index contributed by atoms with van der Waals surface area (Å²) in [5.41, 5.74) is 0. The van der Waals surface area contributed by atoms with Crippen molar-refractivity contribution in [3.8, 4) is 5.75 Å². The molecule has 0 N–H and O–H groups in total. The van der Waals surface area contributed by atoms with Crippen LogP contribution in [0.3, 0.4) is 0 Å². The van der Waals surface area contributed by atoms with E-state index in [0.717, 1.165) is 18.2 Å². The second-order valence-electron chi connectivity index (χ2n) is 2.53. The summed E-state index contributed by atoms with van der Waals surface area (Å²) in [6, 6.07) is 5.68. The smallest absolute Gasteiger partial charge is 0.136 e. The summed E-state index contributed by atoms with van der Waals surface area (Å²) in [6.07, 6.45) is 0.949. The Kier molecular flexibility index (Phi) is 4.72. The Labute approximate surface area is 94.2 Å². The van der Waals surface area contributed by atoms with Crippen molar-refractivity contribution in [2.75, 3.05) is 6.61 Å². The topological polar surface area (TPSA) is 9.23 Å². The monoisotopic (exact) mass is 307 g/mol. The van der Waals surface area contributed by atoms with E-state index >= 15 is 0 Å². The maximum atomic E-state index is 12.8. The molecule has 0 spiro atoms. The molecule has 1 aromatic rings. The molecule has 0 saturated carbocycles. The second kappa shape index (κ2) is 5.59. The van der Waals surface area contributed by atoms with Crippen molar-refractivity contribution in [1.29, 1.82) is 0 Å². The highest BCUT2D eigenvalue weighted by Crippen LogP contribution is 2.18. The predicted molar refractivity (Wildman–Crippen MR) is 59.8 cm³/mol. The first-order valence-corrected chi connectivity index (χ1v) is 5.75. The molecule has 0 aliphatic carbocycles. The van der Waals surface area contributed by atoms with Gasteiger partial charge in [0, 0.05) is 10.2 Å². The normalized spacial score (nSPS) is 10.1. The summed E-state index contributed by atoms with van der Waals surface area (Å²) in [7, 11) is 3.35. The number of hydrogen-bond donors (Lipinski definition) is 0. The van der Waals surface area contributed by atoms with Gasteiger partial charge in [-0.15, -0.1) is 0 Å². The summed E-state index contributed by atoms with van der Waals surface area (Å²) < 4.78 is 18.8. The van der Waals surface area contributed by atoms with Crippen LogP contribution in [0, 0.1) is 9.39 Å². The highest BCUT2D eigenvalue weighted by atomic mass is 127. The number of ether oxygens (including phenoxy) is 1. The van der Waals surface area contributed by atoms with Gasteiger partial charge in [0.25, 0.3) is 0 Å². The van der Waals surface area contributed by atoms with Crippen molar-refractivity contribution in [1.82, 2.24) is 0 Å². The zero-order valence-corrected chi connectivity index (χ0v) is 10.2. The highest BCUT2D eigenvalue weighted by molar-refractivity contribution is 14.1. The molecule has 1 aromatic carbocycles. The second-order valence-corrected chi connectivity index (χ2v) is 4.19. The third kappa shape index (κ3) is 3.64. The van der Waals surface area contributed by atoms with Crippen molar-refractivity contribution >= 4 is 32.8 Å². The van der Waals surface area contributed by atoms with Gasteiger partial charge in [0.05, 0.1) is 10.2 Å². The van der Waals surface area contributed by atoms with E-state index in [1.54, 1.807) is 12.1 Å². The third-order valence-corrected chi connectivity index (χ3v) is 2.66. The van der Waals surface area contributed by atoms with Crippen molar-refractivity contribution in [3.63, 3.8) is 0 Å². The average molecular weight is 307 g/mol. The molecule has 69 valence electrons. The molecule has 0 saturated heterocycles. The standard InChI is InChI=1S/C9H9FIOSi/c10-8-3-2-7(6-9(8)11)12-4-1-5-13/h2-3,6H,1,4-5H2. The summed E-state index contributed by atoms with van der Waals surface area (Å²) in [6.45, 7) is 0.658. The fourth-order valence-electron chi connectivity index (χ4n) is 0.829. The fraction of sp³-hybridized carbons (Fsp3) is 0.333. The summed E-state index contributed by atoms with van der Waals surface area (Å²) in [4.78, 5) is 0. The van der Waals surface area contributed by atoms with Gasteiger partial charge >= 0.3 is 0 Å². The van der Waals surface area contributed by atoms with E-state index in [1.807, 2.05) is 22.6 Å². The number of hydrogen-bond acceptors (Lipinski definition) is 1. The van der Waals surface area contributed by atoms with Gasteiger partial charge in [-0.3, -0.25) is 0 Å². The van der Waals surface area contributed by atoms with Crippen LogP contribution in [0.1, 0.15) is 6.42 Å². The quantitative estimate of drug-likeness (QED) is 0.472. The van der Waals surface area contributed by atoms with Crippen molar-refractivity contribution in [2.45, 2.75) is 12.5 Å². The van der Waals surface area contributed by atoms with Crippen LogP contribution in [0.2, 0.25) is 6.04 Å². The number of halogens is 2. The van der Waals surface area contributed by atoms with Crippen LogP contribution in [-0.4, -0.2) is 16.8 Å². The number of benzene rings is 1. The van der Waals surface area contributed by atoms with Gasteiger partial charge < -0.3 is 4.74 Å². The Morgan fingerprint density at radius 2 is 2.23 bits per heavy atom. The fourth-order valence-corrected chi connectivity index (χ4v) is 1.46. The average Bonchev–Trinajstić information content (AvgIpc) is 2.12. The van der Waals surface area contributed by atoms with Crippen LogP contribution >= 0.6 is 22.6 Å². The molecule has 3 radical (unpaired) electrons. The third-order valence-electron chi connectivity index (χ3n) is 1.48. The molecule has 1 nitrogen and oxygen atoms in total. The van der Waals surface area contributed by atoms with Gasteiger partial charge in [-0.05, 0) is 47.2 Å². The molecule has 0 atom stereocenters. The van der Waals surface area contributed by atoms with E-state index in [-0.39, 0.29) is 5.82 Å². The number of rotatable bonds is 4. The summed E-state index contributed by atoms with van der Waals surface area (Å²) in [5.74, 6) is 0.527. The minimum atomic E-state index is -0.201. The van der Waals surface area contributed by atoms with Crippen LogP contribution in [-0.2, 0) is 0 Å². The van der Waals surface area contributed by atoms with Crippen LogP contribution in [0.5, 0.6) is 5.75 Å². The van der Waals surface area contributed by atoms with E-state index in [0.29, 0.717) is 10.2 Å². The molecular formula is C9H9FIOSi. The molecule has 1 rings (SSSR count). The summed E-state index contributed by atoms with van der Waals surface area (Å²) >= 11 is 1.95. The maximum absolute atomic E-state index is 12.8. The molecule has 0 unspecified atom stereocenters. The molecular weight excluding hydrogens is 298 g/mol. The minimum Gasteiger partial charge on any atom is -0.494 e. The SMILES string of the molecule is Fc1ccc(OCCC[Si])cc1I. The zero-order chi connectivity index (χ0) is 9.68. The molecule has 0 aliphatic heterocycles. The molecule has 0 bridgehead atoms. The Hall–Kier alpha value is -0.103. The lowest BCUT2D eigenvalue weighted by Gasteiger charge is -2.05. The van der Waals surface area contributed by atoms with Crippen molar-refractivity contribution in [3.05, 3.63) is 27.6 Å². The molecule has 0 fully saturated rings. The first-order chi connectivity index (χ1) is 6.24. The zero-order valence-electron chi connectivity index (χ0n) is 7.02. The molecule has 4 heteroatoms. The Balaban J connectivity index is 2.53. The lowest BCUT2D eigenvalue weighted by molar-refractivity contribution is 0.316. The Morgan fingerprint density at radius 3 is 2.85 bits per heavy atom. The van der Waals surface area contributed by atoms with Gasteiger partial charge in [0.15, 0.2) is 0 Å². The first kappa shape index (κ1) is 11.0. The van der Waals surface area contributed by atoms with Crippen molar-refractivity contribution in [2.24, 2.45) is 0 Å². The molecule has 0 heterocycles. The maximum Gasteiger partial charge on any atom is 0.136 e. The highest BCUT2D eigenvalue weighted by Gasteiger charge is 2.00. The molecule has 13 heavy (non-hydrogen) atoms. The van der Waals surface area contributed by atoms with Crippen LogP contribution < -0.4 is 4.74 Å². The lowest BCUT2D eigenvalue weighted by atomic mass is 10.3. The first-order valence-electron chi connectivity index (χ1n) is 3.96. The van der Waals surface area contributed by atoms with Crippen LogP contribution in [0.25, 0.3) is 0 Å². The van der Waals surface area contributed by atoms with Crippen LogP contribution in [0.15, 0.2) is 18.2 Å². The van der Waals surface area contributed by atoms with E-state index < -0.39 is 0 Å². The predicted octanol–water partition coefficient (Wildman–Crippen LogP) is 2.79. The van der Waals surface area contributed by atoms with E-state index in [9.17, 15) is 4.39 Å². The lowest BCUT2D eigenvalue weighted by Crippen LogP contribution is -1.97. The van der Waals surface area contributed by atoms with E-state index in [4.69, 9.17) is 4.74 Å². The molecule has 0 aliphatic rings. The van der Waals surface area contributed by atoms with Gasteiger partial charge in [0.2, 0.25) is 0 Å². The molecule has 0 aromatic heterocycles. The van der Waals surface area contributed by atoms with Gasteiger partial charge in [0.1, 0.15) is 11.6 Å². The largest absolute Gasteiger partial charge is 0.494 e. The summed E-state index contributed by atoms with van der Waals surface area (Å²) in [5, 5.41) is 0. The van der Waals surface area contributed by atoms with Gasteiger partial charge in [-0.25, -0.2) is 4.39 Å². The van der Waals surface area contributed by atoms with Gasteiger partial charge in [-0.1, -0.05) is 6.04 Å². The van der Waals surface area contributed by atoms with Gasteiger partial charge in [-0.2, -0.15) is 0 Å². The Bertz CT molecular complexity index is 280.